The van der Waals surface area contributed by atoms with Crippen LogP contribution < -0.4 is 5.73 Å². The molecular weight excluding hydrogens is 389 g/mol. The van der Waals surface area contributed by atoms with E-state index < -0.39 is 11.0 Å². The van der Waals surface area contributed by atoms with Gasteiger partial charge in [-0.25, -0.2) is 17.9 Å². The predicted octanol–water partition coefficient (Wildman–Crippen LogP) is 3.63. The molecule has 0 amide bonds. The number of hydrogen-bond donors (Lipinski definition) is 1. The third kappa shape index (κ3) is 3.35. The van der Waals surface area contributed by atoms with Crippen LogP contribution in [0, 0.1) is 5.82 Å². The molecule has 2 aliphatic heterocycles. The molecule has 148 valence electrons. The van der Waals surface area contributed by atoms with Crippen LogP contribution in [0.25, 0.3) is 22.3 Å². The van der Waals surface area contributed by atoms with Crippen LogP contribution >= 0.6 is 0 Å². The van der Waals surface area contributed by atoms with Gasteiger partial charge in [0, 0.05) is 29.9 Å². The van der Waals surface area contributed by atoms with E-state index in [0.717, 1.165) is 12.0 Å². The molecule has 5 rings (SSSR count). The molecule has 5 nitrogen and oxygen atoms in total. The fraction of sp³-hybridized carbons (Fsp3) is 0.227. The molecule has 3 unspecified atom stereocenters. The van der Waals surface area contributed by atoms with E-state index in [4.69, 9.17) is 10.5 Å². The number of nitrogens with zero attached hydrogens (tertiary/aromatic N) is 2. The quantitative estimate of drug-likeness (QED) is 0.715. The van der Waals surface area contributed by atoms with Crippen LogP contribution in [-0.2, 0) is 15.7 Å². The number of benzene rings is 2. The van der Waals surface area contributed by atoms with Gasteiger partial charge in [0.25, 0.3) is 0 Å². The molecule has 3 heterocycles. The fourth-order valence-electron chi connectivity index (χ4n) is 4.03. The Hall–Kier alpha value is -2.61. The van der Waals surface area contributed by atoms with Crippen molar-refractivity contribution in [3.8, 4) is 22.3 Å². The number of pyridine rings is 1. The van der Waals surface area contributed by atoms with Crippen LogP contribution in [0.1, 0.15) is 6.42 Å². The van der Waals surface area contributed by atoms with Crippen molar-refractivity contribution in [3.63, 3.8) is 0 Å². The van der Waals surface area contributed by atoms with Gasteiger partial charge in [-0.15, -0.1) is 0 Å². The highest BCUT2D eigenvalue weighted by Gasteiger charge is 2.42. The molecule has 2 aliphatic rings. The number of rotatable bonds is 4. The molecule has 2 saturated heterocycles. The van der Waals surface area contributed by atoms with E-state index in [1.54, 1.807) is 24.4 Å². The highest BCUT2D eigenvalue weighted by Crippen LogP contribution is 2.35. The van der Waals surface area contributed by atoms with Crippen molar-refractivity contribution in [1.82, 2.24) is 9.29 Å². The number of ether oxygens (including phenoxy) is 1. The first-order chi connectivity index (χ1) is 14.1. The minimum absolute atomic E-state index is 0.168. The first kappa shape index (κ1) is 18.4. The highest BCUT2D eigenvalue weighted by molar-refractivity contribution is 7.82. The number of halogens is 1. The Morgan fingerprint density at radius 2 is 1.93 bits per heavy atom. The van der Waals surface area contributed by atoms with Crippen LogP contribution in [-0.4, -0.2) is 38.8 Å². The van der Waals surface area contributed by atoms with Crippen molar-refractivity contribution in [1.29, 1.82) is 0 Å². The zero-order chi connectivity index (χ0) is 20.0. The van der Waals surface area contributed by atoms with Gasteiger partial charge in [0.15, 0.2) is 0 Å². The van der Waals surface area contributed by atoms with Crippen molar-refractivity contribution >= 4 is 16.8 Å². The number of nitrogen functional groups attached to an aromatic ring is 1. The summed E-state index contributed by atoms with van der Waals surface area (Å²) in [7, 11) is -1.31. The van der Waals surface area contributed by atoms with Gasteiger partial charge >= 0.3 is 0 Å². The molecule has 2 aromatic carbocycles. The van der Waals surface area contributed by atoms with Crippen LogP contribution in [0.4, 0.5) is 10.2 Å². The van der Waals surface area contributed by atoms with Crippen LogP contribution in [0.2, 0.25) is 0 Å². The Bertz CT molecular complexity index is 1090. The van der Waals surface area contributed by atoms with E-state index in [2.05, 4.69) is 4.98 Å². The zero-order valence-electron chi connectivity index (χ0n) is 15.6. The summed E-state index contributed by atoms with van der Waals surface area (Å²) in [5, 5.41) is 0. The molecule has 0 saturated carbocycles. The maximum absolute atomic E-state index is 14.9. The van der Waals surface area contributed by atoms with Gasteiger partial charge in [-0.1, -0.05) is 30.3 Å². The summed E-state index contributed by atoms with van der Waals surface area (Å²) in [6.45, 7) is 1.29. The molecule has 3 atom stereocenters. The van der Waals surface area contributed by atoms with Gasteiger partial charge in [-0.05, 0) is 41.8 Å². The minimum Gasteiger partial charge on any atom is -0.384 e. The Labute approximate surface area is 170 Å². The van der Waals surface area contributed by atoms with Gasteiger partial charge in [0.05, 0.1) is 17.6 Å². The lowest BCUT2D eigenvalue weighted by atomic mass is 10.0. The van der Waals surface area contributed by atoms with Crippen LogP contribution in [0.5, 0.6) is 0 Å². The second-order valence-electron chi connectivity index (χ2n) is 7.36. The lowest BCUT2D eigenvalue weighted by molar-refractivity contribution is 0.0626. The largest absolute Gasteiger partial charge is 0.384 e. The summed E-state index contributed by atoms with van der Waals surface area (Å²) in [6, 6.07) is 16.1. The topological polar surface area (TPSA) is 68.5 Å². The number of aromatic nitrogens is 1. The number of morpholine rings is 1. The molecule has 0 aliphatic carbocycles. The summed E-state index contributed by atoms with van der Waals surface area (Å²) in [5.41, 5.74) is 8.20. The molecule has 2 bridgehead atoms. The van der Waals surface area contributed by atoms with E-state index in [9.17, 15) is 8.60 Å². The second-order valence-corrected chi connectivity index (χ2v) is 8.76. The van der Waals surface area contributed by atoms with Crippen molar-refractivity contribution in [2.24, 2.45) is 0 Å². The Morgan fingerprint density at radius 1 is 1.10 bits per heavy atom. The molecule has 3 aromatic rings. The molecule has 29 heavy (non-hydrogen) atoms. The predicted molar refractivity (Wildman–Crippen MR) is 111 cm³/mol. The first-order valence-corrected chi connectivity index (χ1v) is 10.6. The van der Waals surface area contributed by atoms with Crippen molar-refractivity contribution in [2.75, 3.05) is 18.9 Å². The van der Waals surface area contributed by atoms with Gasteiger partial charge < -0.3 is 10.5 Å². The molecule has 0 spiro atoms. The smallest absolute Gasteiger partial charge is 0.131 e. The first-order valence-electron chi connectivity index (χ1n) is 9.51. The molecule has 2 N–H and O–H groups in total. The number of fused-ring (bicyclic) bond motifs is 2. The Balaban J connectivity index is 1.49. The molecule has 7 heteroatoms. The van der Waals surface area contributed by atoms with E-state index in [1.165, 1.54) is 6.07 Å². The summed E-state index contributed by atoms with van der Waals surface area (Å²) in [5.74, 6) is 0.0338. The standard InChI is InChI=1S/C22H20FN3O2S/c23-20-9-14(5-7-18(20)15-6-8-22(24)25-11-15)19-3-1-2-4-21(19)29(27)26-12-17-10-16(26)13-28-17/h1-9,11,16-17H,10,12-13H2,(H2,24,25). The average molecular weight is 409 g/mol. The monoisotopic (exact) mass is 409 g/mol. The molecular formula is C22H20FN3O2S. The van der Waals surface area contributed by atoms with Crippen molar-refractivity contribution in [3.05, 3.63) is 66.6 Å². The maximum atomic E-state index is 14.9. The third-order valence-corrected chi connectivity index (χ3v) is 7.12. The third-order valence-electron chi connectivity index (χ3n) is 5.52. The normalized spacial score (nSPS) is 22.1. The van der Waals surface area contributed by atoms with Crippen LogP contribution in [0.3, 0.4) is 0 Å². The van der Waals surface area contributed by atoms with E-state index in [0.29, 0.717) is 40.6 Å². The lowest BCUT2D eigenvalue weighted by Gasteiger charge is -2.26. The molecule has 2 fully saturated rings. The average Bonchev–Trinajstić information content (AvgIpc) is 3.38. The van der Waals surface area contributed by atoms with Gasteiger partial charge in [0.2, 0.25) is 0 Å². The lowest BCUT2D eigenvalue weighted by Crippen LogP contribution is -2.38. The molecule has 1 aromatic heterocycles. The fourth-order valence-corrected chi connectivity index (χ4v) is 5.57. The maximum Gasteiger partial charge on any atom is 0.131 e. The van der Waals surface area contributed by atoms with E-state index >= 15 is 0 Å². The van der Waals surface area contributed by atoms with Crippen molar-refractivity contribution < 1.29 is 13.3 Å². The summed E-state index contributed by atoms with van der Waals surface area (Å²) < 4.78 is 35.8. The second kappa shape index (κ2) is 7.33. The summed E-state index contributed by atoms with van der Waals surface area (Å²) >= 11 is 0. The van der Waals surface area contributed by atoms with Crippen molar-refractivity contribution in [2.45, 2.75) is 23.5 Å². The zero-order valence-corrected chi connectivity index (χ0v) is 16.4. The van der Waals surface area contributed by atoms with E-state index in [-0.39, 0.29) is 18.0 Å². The Kier molecular flexibility index (Phi) is 4.66. The summed E-state index contributed by atoms with van der Waals surface area (Å²) in [6.07, 6.45) is 2.65. The SMILES string of the molecule is Nc1ccc(-c2ccc(-c3ccccc3S(=O)N3CC4CC3CO4)cc2F)cn1. The summed E-state index contributed by atoms with van der Waals surface area (Å²) in [4.78, 5) is 4.73. The minimum atomic E-state index is -1.31. The van der Waals surface area contributed by atoms with Gasteiger partial charge in [-0.2, -0.15) is 0 Å². The van der Waals surface area contributed by atoms with Gasteiger partial charge in [0.1, 0.15) is 22.6 Å². The van der Waals surface area contributed by atoms with Gasteiger partial charge in [-0.3, -0.25) is 0 Å². The van der Waals surface area contributed by atoms with E-state index in [1.807, 2.05) is 34.6 Å². The van der Waals surface area contributed by atoms with Crippen LogP contribution in [0.15, 0.2) is 65.7 Å². The molecule has 0 radical (unpaired) electrons. The number of anilines is 1. The number of hydrogen-bond acceptors (Lipinski definition) is 4. The Morgan fingerprint density at radius 3 is 2.62 bits per heavy atom. The highest BCUT2D eigenvalue weighted by atomic mass is 32.2. The number of nitrogens with two attached hydrogens (primary N) is 1.